The molecule has 37 heavy (non-hydrogen) atoms. The third-order valence-corrected chi connectivity index (χ3v) is 6.53. The summed E-state index contributed by atoms with van der Waals surface area (Å²) in [6.07, 6.45) is 8.31. The molecule has 0 radical (unpaired) electrons. The maximum absolute atomic E-state index is 13.1. The summed E-state index contributed by atoms with van der Waals surface area (Å²) in [7, 11) is 1.64. The van der Waals surface area contributed by atoms with Gasteiger partial charge in [0.05, 0.1) is 18.9 Å². The summed E-state index contributed by atoms with van der Waals surface area (Å²) >= 11 is 0. The average Bonchev–Trinajstić information content (AvgIpc) is 2.93. The molecular weight excluding hydrogens is 468 g/mol. The monoisotopic (exact) mass is 504 g/mol. The van der Waals surface area contributed by atoms with E-state index < -0.39 is 0 Å². The van der Waals surface area contributed by atoms with Gasteiger partial charge < -0.3 is 25.8 Å². The Kier molecular flexibility index (Phi) is 9.26. The molecule has 0 aliphatic heterocycles. The summed E-state index contributed by atoms with van der Waals surface area (Å²) in [5, 5.41) is 19.5. The Labute approximate surface area is 218 Å². The van der Waals surface area contributed by atoms with Crippen LogP contribution in [0, 0.1) is 0 Å². The first-order chi connectivity index (χ1) is 18.1. The Morgan fingerprint density at radius 1 is 1.11 bits per heavy atom. The Morgan fingerprint density at radius 2 is 1.95 bits per heavy atom. The molecule has 1 saturated carbocycles. The Balaban J connectivity index is 1.43. The minimum absolute atomic E-state index is 0.154. The van der Waals surface area contributed by atoms with Crippen LogP contribution in [0.15, 0.2) is 48.8 Å². The molecule has 1 fully saturated rings. The Bertz CT molecular complexity index is 1160. The summed E-state index contributed by atoms with van der Waals surface area (Å²) in [5.41, 5.74) is 3.07. The van der Waals surface area contributed by atoms with E-state index in [2.05, 4.69) is 37.8 Å². The molecule has 0 saturated heterocycles. The summed E-state index contributed by atoms with van der Waals surface area (Å²) in [6.45, 7) is 3.23. The predicted molar refractivity (Wildman–Crippen MR) is 145 cm³/mol. The molecular formula is C28H36N6O3. The fourth-order valence-electron chi connectivity index (χ4n) is 4.29. The number of aliphatic hydroxyl groups excluding tert-OH is 1. The molecule has 1 aliphatic carbocycles. The normalized spacial score (nSPS) is 17.2. The molecule has 9 nitrogen and oxygen atoms in total. The van der Waals surface area contributed by atoms with Gasteiger partial charge in [0.2, 0.25) is 5.95 Å². The first-order valence-corrected chi connectivity index (χ1v) is 13.0. The molecule has 0 unspecified atom stereocenters. The van der Waals surface area contributed by atoms with Crippen LogP contribution in [-0.4, -0.2) is 51.8 Å². The third-order valence-electron chi connectivity index (χ3n) is 6.53. The van der Waals surface area contributed by atoms with Crippen LogP contribution in [0.1, 0.15) is 61.4 Å². The lowest BCUT2D eigenvalue weighted by atomic mass is 9.93. The first kappa shape index (κ1) is 26.3. The van der Waals surface area contributed by atoms with Crippen LogP contribution in [0.2, 0.25) is 0 Å². The number of carbonyl (C=O) groups is 1. The van der Waals surface area contributed by atoms with Gasteiger partial charge >= 0.3 is 0 Å². The number of unbranched alkanes of at least 4 members (excludes halogenated alkanes) is 1. The number of nitrogens with one attached hydrogen (secondary N) is 3. The fourth-order valence-corrected chi connectivity index (χ4v) is 4.29. The van der Waals surface area contributed by atoms with Crippen molar-refractivity contribution in [2.45, 2.75) is 64.1 Å². The molecule has 2 heterocycles. The second-order valence-corrected chi connectivity index (χ2v) is 9.35. The van der Waals surface area contributed by atoms with Crippen LogP contribution < -0.4 is 20.7 Å². The van der Waals surface area contributed by atoms with Crippen molar-refractivity contribution in [3.63, 3.8) is 0 Å². The highest BCUT2D eigenvalue weighted by Gasteiger charge is 2.22. The SMILES string of the molecule is CCCCNc1ncc(C(=O)NCc2ccc(-c3cccc(OC)c3)nc2)c(NC2CCC(O)CC2)n1. The number of ether oxygens (including phenoxy) is 1. The molecule has 4 rings (SSSR count). The summed E-state index contributed by atoms with van der Waals surface area (Å²) in [4.78, 5) is 26.7. The number of aliphatic hydroxyl groups is 1. The molecule has 196 valence electrons. The highest BCUT2D eigenvalue weighted by molar-refractivity contribution is 5.98. The van der Waals surface area contributed by atoms with Crippen LogP contribution in [0.5, 0.6) is 5.75 Å². The van der Waals surface area contributed by atoms with Crippen molar-refractivity contribution >= 4 is 17.7 Å². The van der Waals surface area contributed by atoms with Gasteiger partial charge in [-0.3, -0.25) is 9.78 Å². The predicted octanol–water partition coefficient (Wildman–Crippen LogP) is 4.40. The van der Waals surface area contributed by atoms with Crippen molar-refractivity contribution in [1.82, 2.24) is 20.3 Å². The van der Waals surface area contributed by atoms with Gasteiger partial charge in [0.15, 0.2) is 0 Å². The van der Waals surface area contributed by atoms with E-state index in [1.165, 1.54) is 0 Å². The number of amides is 1. The zero-order chi connectivity index (χ0) is 26.0. The van der Waals surface area contributed by atoms with Crippen LogP contribution in [-0.2, 0) is 6.54 Å². The molecule has 1 aliphatic rings. The van der Waals surface area contributed by atoms with Crippen molar-refractivity contribution in [3.05, 3.63) is 59.9 Å². The number of pyridine rings is 1. The van der Waals surface area contributed by atoms with E-state index in [9.17, 15) is 9.90 Å². The van der Waals surface area contributed by atoms with Gasteiger partial charge in [-0.1, -0.05) is 31.5 Å². The van der Waals surface area contributed by atoms with Crippen molar-refractivity contribution in [1.29, 1.82) is 0 Å². The number of nitrogens with zero attached hydrogens (tertiary/aromatic N) is 3. The number of anilines is 2. The molecule has 0 spiro atoms. The van der Waals surface area contributed by atoms with E-state index in [1.807, 2.05) is 36.4 Å². The third kappa shape index (κ3) is 7.39. The van der Waals surface area contributed by atoms with Gasteiger partial charge in [0.25, 0.3) is 5.91 Å². The van der Waals surface area contributed by atoms with Crippen LogP contribution in [0.25, 0.3) is 11.3 Å². The Hall–Kier alpha value is -3.72. The standard InChI is InChI=1S/C28H36N6O3/c1-3-4-14-29-28-32-18-24(26(34-28)33-21-9-11-22(35)12-10-21)27(36)31-17-19-8-13-25(30-16-19)20-6-5-7-23(15-20)37-2/h5-8,13,15-16,18,21-22,35H,3-4,9-12,14,17H2,1-2H3,(H,31,36)(H2,29,32,33,34). The van der Waals surface area contributed by atoms with E-state index in [0.29, 0.717) is 23.9 Å². The van der Waals surface area contributed by atoms with E-state index >= 15 is 0 Å². The number of rotatable bonds is 11. The zero-order valence-corrected chi connectivity index (χ0v) is 21.5. The molecule has 4 N–H and O–H groups in total. The maximum Gasteiger partial charge on any atom is 0.256 e. The zero-order valence-electron chi connectivity index (χ0n) is 21.5. The van der Waals surface area contributed by atoms with E-state index in [-0.39, 0.29) is 18.1 Å². The van der Waals surface area contributed by atoms with Crippen LogP contribution in [0.3, 0.4) is 0 Å². The number of aromatic nitrogens is 3. The minimum Gasteiger partial charge on any atom is -0.497 e. The summed E-state index contributed by atoms with van der Waals surface area (Å²) in [5.74, 6) is 1.54. The lowest BCUT2D eigenvalue weighted by Gasteiger charge is -2.27. The van der Waals surface area contributed by atoms with Gasteiger partial charge in [0.1, 0.15) is 17.1 Å². The number of methoxy groups -OCH3 is 1. The second-order valence-electron chi connectivity index (χ2n) is 9.35. The van der Waals surface area contributed by atoms with Gasteiger partial charge in [0, 0.05) is 37.1 Å². The average molecular weight is 505 g/mol. The van der Waals surface area contributed by atoms with E-state index in [0.717, 1.165) is 67.6 Å². The number of hydrogen-bond donors (Lipinski definition) is 4. The largest absolute Gasteiger partial charge is 0.497 e. The minimum atomic E-state index is -0.254. The highest BCUT2D eigenvalue weighted by Crippen LogP contribution is 2.24. The molecule has 9 heteroatoms. The molecule has 3 aromatic rings. The molecule has 2 aromatic heterocycles. The van der Waals surface area contributed by atoms with Gasteiger partial charge in [-0.2, -0.15) is 4.98 Å². The van der Waals surface area contributed by atoms with E-state index in [4.69, 9.17) is 4.74 Å². The van der Waals surface area contributed by atoms with Crippen LogP contribution >= 0.6 is 0 Å². The van der Waals surface area contributed by atoms with Crippen molar-refractivity contribution in [2.75, 3.05) is 24.3 Å². The summed E-state index contributed by atoms with van der Waals surface area (Å²) < 4.78 is 5.30. The molecule has 0 atom stereocenters. The Morgan fingerprint density at radius 3 is 2.68 bits per heavy atom. The summed E-state index contributed by atoms with van der Waals surface area (Å²) in [6, 6.07) is 11.8. The molecule has 1 amide bonds. The quantitative estimate of drug-likeness (QED) is 0.284. The molecule has 0 bridgehead atoms. The lowest BCUT2D eigenvalue weighted by molar-refractivity contribution is 0.0950. The lowest BCUT2D eigenvalue weighted by Crippen LogP contribution is -2.31. The number of benzene rings is 1. The van der Waals surface area contributed by atoms with Gasteiger partial charge in [-0.25, -0.2) is 4.98 Å². The van der Waals surface area contributed by atoms with Crippen LogP contribution in [0.4, 0.5) is 11.8 Å². The topological polar surface area (TPSA) is 121 Å². The number of carbonyl (C=O) groups excluding carboxylic acids is 1. The van der Waals surface area contributed by atoms with Crippen molar-refractivity contribution < 1.29 is 14.6 Å². The van der Waals surface area contributed by atoms with Crippen molar-refractivity contribution in [2.24, 2.45) is 0 Å². The maximum atomic E-state index is 13.1. The molecule has 1 aromatic carbocycles. The first-order valence-electron chi connectivity index (χ1n) is 13.0. The highest BCUT2D eigenvalue weighted by atomic mass is 16.5. The van der Waals surface area contributed by atoms with E-state index in [1.54, 1.807) is 19.5 Å². The van der Waals surface area contributed by atoms with Gasteiger partial charge in [-0.15, -0.1) is 0 Å². The van der Waals surface area contributed by atoms with Gasteiger partial charge in [-0.05, 0) is 55.9 Å². The number of hydrogen-bond acceptors (Lipinski definition) is 8. The fraction of sp³-hybridized carbons (Fsp3) is 0.429. The smallest absolute Gasteiger partial charge is 0.256 e. The van der Waals surface area contributed by atoms with Crippen molar-refractivity contribution in [3.8, 4) is 17.0 Å². The second kappa shape index (κ2) is 13.0.